The Bertz CT molecular complexity index is 527. The maximum absolute atomic E-state index is 10.3. The lowest BCUT2D eigenvalue weighted by molar-refractivity contribution is -0.137. The molecule has 4 N–H and O–H groups in total. The molecule has 0 amide bonds. The van der Waals surface area contributed by atoms with Crippen LogP contribution in [0.3, 0.4) is 0 Å². The van der Waals surface area contributed by atoms with E-state index in [0.717, 1.165) is 19.3 Å². The van der Waals surface area contributed by atoms with E-state index < -0.39 is 16.4 Å². The molecule has 0 radical (unpaired) electrons. The van der Waals surface area contributed by atoms with Gasteiger partial charge in [0.25, 0.3) is 0 Å². The minimum absolute atomic E-state index is 0. The van der Waals surface area contributed by atoms with Gasteiger partial charge in [-0.05, 0) is 12.8 Å². The van der Waals surface area contributed by atoms with E-state index in [1.807, 2.05) is 0 Å². The molecule has 0 aliphatic carbocycles. The van der Waals surface area contributed by atoms with Crippen molar-refractivity contribution in [3.05, 3.63) is 0 Å². The standard InChI is InChI=1S/C18H36O2.C12H26O.Mg.H2O4S.2H/c1-2-3-4-5-6-7-8-9-10-11-12-13-14-15-16-17-18(19)20;1-2-3-4-5-6-7-8-9-10-11-12-13;;1-5(2,3)4;;/h2-17H2,1H3,(H,19,20);13H,2-12H2,1H3;;(H2,1,2,3,4);;. The molecule has 0 aliphatic rings. The molecule has 0 heterocycles. The number of unbranched alkanes of at least 4 members (excludes halogenated alkanes) is 23. The molecule has 39 heavy (non-hydrogen) atoms. The van der Waals surface area contributed by atoms with Crippen LogP contribution < -0.4 is 0 Å². The summed E-state index contributed by atoms with van der Waals surface area (Å²) in [5, 5.41) is 17.1. The van der Waals surface area contributed by atoms with Gasteiger partial charge in [-0.25, -0.2) is 0 Å². The molecular weight excluding hydrogens is 529 g/mol. The van der Waals surface area contributed by atoms with Crippen molar-refractivity contribution in [3.8, 4) is 0 Å². The number of carbonyl (C=O) groups is 1. The highest BCUT2D eigenvalue weighted by Gasteiger charge is 1.97. The van der Waals surface area contributed by atoms with Gasteiger partial charge in [0.1, 0.15) is 0 Å². The highest BCUT2D eigenvalue weighted by atomic mass is 32.3. The molecule has 7 nitrogen and oxygen atoms in total. The summed E-state index contributed by atoms with van der Waals surface area (Å²) in [7, 11) is -4.67. The lowest BCUT2D eigenvalue weighted by Gasteiger charge is -2.03. The topological polar surface area (TPSA) is 132 Å². The van der Waals surface area contributed by atoms with Gasteiger partial charge in [-0.1, -0.05) is 162 Å². The van der Waals surface area contributed by atoms with Crippen molar-refractivity contribution in [2.24, 2.45) is 0 Å². The lowest BCUT2D eigenvalue weighted by Crippen LogP contribution is -1.93. The number of carboxylic acid groups (broad SMARTS) is 1. The second-order valence-corrected chi connectivity index (χ2v) is 11.3. The fourth-order valence-electron chi connectivity index (χ4n) is 4.25. The van der Waals surface area contributed by atoms with Crippen molar-refractivity contribution in [1.82, 2.24) is 0 Å². The van der Waals surface area contributed by atoms with Gasteiger partial charge in [0, 0.05) is 13.0 Å². The third kappa shape index (κ3) is 67.6. The van der Waals surface area contributed by atoms with E-state index in [1.54, 1.807) is 0 Å². The summed E-state index contributed by atoms with van der Waals surface area (Å²) in [6.07, 6.45) is 33.5. The normalized spacial score (nSPS) is 10.6. The molecule has 0 rings (SSSR count). The molecule has 0 bridgehead atoms. The summed E-state index contributed by atoms with van der Waals surface area (Å²) in [6, 6.07) is 0. The first kappa shape index (κ1) is 46.0. The Labute approximate surface area is 258 Å². The molecule has 0 atom stereocenters. The van der Waals surface area contributed by atoms with Crippen molar-refractivity contribution in [1.29, 1.82) is 0 Å². The summed E-state index contributed by atoms with van der Waals surface area (Å²) in [4.78, 5) is 10.3. The molecule has 0 aromatic heterocycles. The van der Waals surface area contributed by atoms with Crippen LogP contribution in [0.1, 0.15) is 181 Å². The zero-order valence-electron chi connectivity index (χ0n) is 25.0. The van der Waals surface area contributed by atoms with Gasteiger partial charge in [0.2, 0.25) is 0 Å². The second-order valence-electron chi connectivity index (χ2n) is 10.4. The van der Waals surface area contributed by atoms with Gasteiger partial charge in [0.05, 0.1) is 0 Å². The molecule has 0 unspecified atom stereocenters. The maximum Gasteiger partial charge on any atom is 0.394 e. The number of aliphatic hydroxyl groups excluding tert-OH is 1. The number of aliphatic hydroxyl groups is 1. The lowest BCUT2D eigenvalue weighted by atomic mass is 10.0. The van der Waals surface area contributed by atoms with Crippen LogP contribution in [0.2, 0.25) is 0 Å². The van der Waals surface area contributed by atoms with Crippen molar-refractivity contribution in [3.63, 3.8) is 0 Å². The van der Waals surface area contributed by atoms with Crippen molar-refractivity contribution in [2.45, 2.75) is 181 Å². The van der Waals surface area contributed by atoms with Crippen LogP contribution in [0.4, 0.5) is 0 Å². The zero-order chi connectivity index (χ0) is 29.2. The summed E-state index contributed by atoms with van der Waals surface area (Å²) < 4.78 is 31.6. The molecule has 0 saturated heterocycles. The molecule has 0 aliphatic heterocycles. The van der Waals surface area contributed by atoms with Gasteiger partial charge < -0.3 is 10.2 Å². The summed E-state index contributed by atoms with van der Waals surface area (Å²) in [5.74, 6) is -0.653. The predicted octanol–water partition coefficient (Wildman–Crippen LogP) is 8.66. The quantitative estimate of drug-likeness (QED) is 0.0447. The van der Waals surface area contributed by atoms with Gasteiger partial charge in [-0.3, -0.25) is 13.9 Å². The Morgan fingerprint density at radius 3 is 0.897 bits per heavy atom. The molecule has 9 heteroatoms. The van der Waals surface area contributed by atoms with E-state index in [1.165, 1.54) is 141 Å². The van der Waals surface area contributed by atoms with Gasteiger partial charge in [-0.2, -0.15) is 8.42 Å². The fraction of sp³-hybridized carbons (Fsp3) is 0.967. The largest absolute Gasteiger partial charge is 0.481 e. The number of hydrogen-bond donors (Lipinski definition) is 4. The Morgan fingerprint density at radius 1 is 0.487 bits per heavy atom. The average molecular weight is 595 g/mol. The Hall–Kier alpha value is 0.0662. The molecular formula is C30H66MgO7S. The monoisotopic (exact) mass is 594 g/mol. The Balaban J connectivity index is -0.000000276. The van der Waals surface area contributed by atoms with E-state index in [9.17, 15) is 4.79 Å². The highest BCUT2D eigenvalue weighted by molar-refractivity contribution is 7.79. The van der Waals surface area contributed by atoms with Crippen LogP contribution in [0.15, 0.2) is 0 Å². The first-order valence-electron chi connectivity index (χ1n) is 15.7. The number of rotatable bonds is 26. The number of hydrogen-bond acceptors (Lipinski definition) is 4. The Morgan fingerprint density at radius 2 is 0.692 bits per heavy atom. The minimum Gasteiger partial charge on any atom is -0.481 e. The number of aliphatic carboxylic acids is 1. The maximum atomic E-state index is 10.3. The van der Waals surface area contributed by atoms with Crippen LogP contribution in [0.25, 0.3) is 0 Å². The predicted molar refractivity (Wildman–Crippen MR) is 169 cm³/mol. The first-order chi connectivity index (χ1) is 18.2. The molecule has 0 aromatic carbocycles. The van der Waals surface area contributed by atoms with Crippen molar-refractivity contribution in [2.75, 3.05) is 6.61 Å². The molecule has 0 aromatic rings. The van der Waals surface area contributed by atoms with E-state index in [-0.39, 0.29) is 23.1 Å². The van der Waals surface area contributed by atoms with Gasteiger partial charge >= 0.3 is 39.4 Å². The van der Waals surface area contributed by atoms with Crippen molar-refractivity contribution < 1.29 is 32.5 Å². The van der Waals surface area contributed by atoms with Crippen LogP contribution in [0.5, 0.6) is 0 Å². The van der Waals surface area contributed by atoms with Crippen LogP contribution in [-0.4, -0.2) is 63.4 Å². The molecule has 0 spiro atoms. The molecule has 0 fully saturated rings. The van der Waals surface area contributed by atoms with E-state index in [2.05, 4.69) is 13.8 Å². The minimum atomic E-state index is -4.67. The summed E-state index contributed by atoms with van der Waals surface area (Å²) in [6.45, 7) is 4.90. The second kappa shape index (κ2) is 40.2. The smallest absolute Gasteiger partial charge is 0.394 e. The van der Waals surface area contributed by atoms with Gasteiger partial charge in [-0.15, -0.1) is 0 Å². The molecule has 0 saturated carbocycles. The van der Waals surface area contributed by atoms with Crippen LogP contribution in [0, 0.1) is 0 Å². The highest BCUT2D eigenvalue weighted by Crippen LogP contribution is 2.14. The SMILES string of the molecule is CCCCCCCCCCCCCCCCCC(=O)O.CCCCCCCCCCCCO.O=S(=O)(O)O.[MgH2]. The third-order valence-electron chi connectivity index (χ3n) is 6.51. The average Bonchev–Trinajstić information content (AvgIpc) is 2.84. The van der Waals surface area contributed by atoms with Gasteiger partial charge in [0.15, 0.2) is 0 Å². The first-order valence-corrected chi connectivity index (χ1v) is 17.1. The number of carboxylic acids is 1. The fourth-order valence-corrected chi connectivity index (χ4v) is 4.25. The van der Waals surface area contributed by atoms with E-state index in [0.29, 0.717) is 13.0 Å². The van der Waals surface area contributed by atoms with Crippen LogP contribution in [-0.2, 0) is 15.2 Å². The van der Waals surface area contributed by atoms with E-state index in [4.69, 9.17) is 27.7 Å². The van der Waals surface area contributed by atoms with Crippen LogP contribution >= 0.6 is 0 Å². The molecule has 236 valence electrons. The van der Waals surface area contributed by atoms with E-state index >= 15 is 0 Å². The Kier molecular flexibility index (Phi) is 47.5. The third-order valence-corrected chi connectivity index (χ3v) is 6.51. The van der Waals surface area contributed by atoms with Crippen molar-refractivity contribution >= 4 is 39.4 Å². The summed E-state index contributed by atoms with van der Waals surface area (Å²) in [5.41, 5.74) is 0. The zero-order valence-corrected chi connectivity index (χ0v) is 25.8. The summed E-state index contributed by atoms with van der Waals surface area (Å²) >= 11 is 0.